The minimum absolute atomic E-state index is 0. The molecule has 0 aliphatic rings. The molecule has 0 saturated heterocycles. The average molecular weight is 338 g/mol. The van der Waals surface area contributed by atoms with Crippen LogP contribution in [0, 0.1) is 0 Å². The molecule has 0 atom stereocenters. The molecule has 0 saturated carbocycles. The third-order valence-electron chi connectivity index (χ3n) is 2.77. The highest BCUT2D eigenvalue weighted by Gasteiger charge is 2.10. The van der Waals surface area contributed by atoms with E-state index in [0.29, 0.717) is 22.6 Å². The lowest BCUT2D eigenvalue weighted by Crippen LogP contribution is -2.17. The third-order valence-corrected chi connectivity index (χ3v) is 3.05. The number of ether oxygens (including phenoxy) is 3. The summed E-state index contributed by atoms with van der Waals surface area (Å²) in [6.45, 7) is 6.50. The first-order valence-corrected chi connectivity index (χ1v) is 7.19. The molecule has 21 heavy (non-hydrogen) atoms. The SMILES string of the molecule is COc1cc(CNCCCOC(C)C)cc(Cl)c1OC.Cl. The maximum Gasteiger partial charge on any atom is 0.179 e. The predicted molar refractivity (Wildman–Crippen MR) is 89.2 cm³/mol. The van der Waals surface area contributed by atoms with E-state index in [0.717, 1.165) is 31.7 Å². The van der Waals surface area contributed by atoms with E-state index in [1.54, 1.807) is 14.2 Å². The van der Waals surface area contributed by atoms with Crippen molar-refractivity contribution in [2.45, 2.75) is 32.9 Å². The standard InChI is InChI=1S/C15H24ClNO3.ClH/c1-11(2)20-7-5-6-17-10-12-8-13(16)15(19-4)14(9-12)18-3;/h8-9,11,17H,5-7,10H2,1-4H3;1H. The van der Waals surface area contributed by atoms with Crippen LogP contribution in [0.3, 0.4) is 0 Å². The summed E-state index contributed by atoms with van der Waals surface area (Å²) in [6, 6.07) is 3.82. The molecule has 0 amide bonds. The van der Waals surface area contributed by atoms with Gasteiger partial charge in [0.05, 0.1) is 25.3 Å². The summed E-state index contributed by atoms with van der Waals surface area (Å²) in [6.07, 6.45) is 1.28. The fourth-order valence-corrected chi connectivity index (χ4v) is 2.13. The highest BCUT2D eigenvalue weighted by atomic mass is 35.5. The van der Waals surface area contributed by atoms with Crippen LogP contribution in [0.2, 0.25) is 5.02 Å². The zero-order valence-corrected chi connectivity index (χ0v) is 14.6. The van der Waals surface area contributed by atoms with E-state index in [2.05, 4.69) is 5.32 Å². The molecule has 0 unspecified atom stereocenters. The van der Waals surface area contributed by atoms with Crippen LogP contribution in [0.1, 0.15) is 25.8 Å². The van der Waals surface area contributed by atoms with Crippen LogP contribution in [0.5, 0.6) is 11.5 Å². The number of hydrogen-bond acceptors (Lipinski definition) is 4. The van der Waals surface area contributed by atoms with Crippen molar-refractivity contribution in [3.8, 4) is 11.5 Å². The van der Waals surface area contributed by atoms with E-state index in [1.807, 2.05) is 26.0 Å². The molecule has 6 heteroatoms. The number of rotatable bonds is 9. The Hall–Kier alpha value is -0.680. The molecule has 0 heterocycles. The maximum absolute atomic E-state index is 6.16. The van der Waals surface area contributed by atoms with Crippen molar-refractivity contribution in [1.29, 1.82) is 0 Å². The molecule has 1 aromatic rings. The number of nitrogens with one attached hydrogen (secondary N) is 1. The van der Waals surface area contributed by atoms with E-state index in [1.165, 1.54) is 0 Å². The Morgan fingerprint density at radius 2 is 1.90 bits per heavy atom. The first kappa shape index (κ1) is 20.3. The van der Waals surface area contributed by atoms with Gasteiger partial charge < -0.3 is 19.5 Å². The Balaban J connectivity index is 0.00000400. The lowest BCUT2D eigenvalue weighted by molar-refractivity contribution is 0.0770. The van der Waals surface area contributed by atoms with Gasteiger partial charge in [0, 0.05) is 13.2 Å². The molecule has 0 fully saturated rings. The van der Waals surface area contributed by atoms with Gasteiger partial charge in [0.1, 0.15) is 0 Å². The van der Waals surface area contributed by atoms with Gasteiger partial charge in [-0.1, -0.05) is 11.6 Å². The van der Waals surface area contributed by atoms with Gasteiger partial charge in [-0.2, -0.15) is 0 Å². The topological polar surface area (TPSA) is 39.7 Å². The Bertz CT molecular complexity index is 414. The summed E-state index contributed by atoms with van der Waals surface area (Å²) in [5, 5.41) is 3.92. The number of halogens is 2. The van der Waals surface area contributed by atoms with Gasteiger partial charge in [0.25, 0.3) is 0 Å². The first-order valence-electron chi connectivity index (χ1n) is 6.81. The van der Waals surface area contributed by atoms with Crippen molar-refractivity contribution in [3.05, 3.63) is 22.7 Å². The molecule has 1 rings (SSSR count). The van der Waals surface area contributed by atoms with E-state index >= 15 is 0 Å². The Kier molecular flexibility index (Phi) is 10.6. The van der Waals surface area contributed by atoms with E-state index in [-0.39, 0.29) is 12.4 Å². The molecule has 0 aromatic heterocycles. The van der Waals surface area contributed by atoms with Gasteiger partial charge in [-0.05, 0) is 44.5 Å². The van der Waals surface area contributed by atoms with Gasteiger partial charge in [-0.15, -0.1) is 12.4 Å². The molecule has 0 radical (unpaired) electrons. The average Bonchev–Trinajstić information content (AvgIpc) is 2.41. The Morgan fingerprint density at radius 3 is 2.48 bits per heavy atom. The van der Waals surface area contributed by atoms with Gasteiger partial charge in [0.2, 0.25) is 0 Å². The normalized spacial score (nSPS) is 10.4. The molecular formula is C15H25Cl2NO3. The second-order valence-corrected chi connectivity index (χ2v) is 5.17. The summed E-state index contributed by atoms with van der Waals surface area (Å²) >= 11 is 6.16. The summed E-state index contributed by atoms with van der Waals surface area (Å²) in [5.74, 6) is 1.23. The smallest absolute Gasteiger partial charge is 0.179 e. The van der Waals surface area contributed by atoms with Gasteiger partial charge >= 0.3 is 0 Å². The summed E-state index contributed by atoms with van der Waals surface area (Å²) in [7, 11) is 3.19. The van der Waals surface area contributed by atoms with Gasteiger partial charge in [-0.25, -0.2) is 0 Å². The molecular weight excluding hydrogens is 313 g/mol. The molecule has 0 aliphatic carbocycles. The second kappa shape index (κ2) is 11.0. The van der Waals surface area contributed by atoms with Crippen LogP contribution in [0.25, 0.3) is 0 Å². The van der Waals surface area contributed by atoms with Crippen molar-refractivity contribution in [2.75, 3.05) is 27.4 Å². The number of hydrogen-bond donors (Lipinski definition) is 1. The van der Waals surface area contributed by atoms with Gasteiger partial charge in [-0.3, -0.25) is 0 Å². The van der Waals surface area contributed by atoms with Crippen molar-refractivity contribution in [2.24, 2.45) is 0 Å². The molecule has 1 aromatic carbocycles. The highest BCUT2D eigenvalue weighted by Crippen LogP contribution is 2.35. The molecule has 0 bridgehead atoms. The zero-order valence-electron chi connectivity index (χ0n) is 13.1. The molecule has 122 valence electrons. The van der Waals surface area contributed by atoms with Crippen molar-refractivity contribution in [1.82, 2.24) is 5.32 Å². The van der Waals surface area contributed by atoms with Crippen LogP contribution in [0.4, 0.5) is 0 Å². The van der Waals surface area contributed by atoms with Crippen LogP contribution >= 0.6 is 24.0 Å². The second-order valence-electron chi connectivity index (χ2n) is 4.76. The van der Waals surface area contributed by atoms with Crippen molar-refractivity contribution < 1.29 is 14.2 Å². The Morgan fingerprint density at radius 1 is 1.19 bits per heavy atom. The fraction of sp³-hybridized carbons (Fsp3) is 0.600. The highest BCUT2D eigenvalue weighted by molar-refractivity contribution is 6.32. The lowest BCUT2D eigenvalue weighted by Gasteiger charge is -2.12. The monoisotopic (exact) mass is 337 g/mol. The molecule has 0 aliphatic heterocycles. The predicted octanol–water partition coefficient (Wildman–Crippen LogP) is 3.68. The summed E-state index contributed by atoms with van der Waals surface area (Å²) in [4.78, 5) is 0. The van der Waals surface area contributed by atoms with Crippen LogP contribution in [-0.2, 0) is 11.3 Å². The fourth-order valence-electron chi connectivity index (χ4n) is 1.82. The van der Waals surface area contributed by atoms with Crippen LogP contribution in [-0.4, -0.2) is 33.5 Å². The molecule has 4 nitrogen and oxygen atoms in total. The maximum atomic E-state index is 6.16. The Labute approximate surface area is 138 Å². The lowest BCUT2D eigenvalue weighted by atomic mass is 10.2. The van der Waals surface area contributed by atoms with E-state index < -0.39 is 0 Å². The van der Waals surface area contributed by atoms with Crippen LogP contribution in [0.15, 0.2) is 12.1 Å². The minimum Gasteiger partial charge on any atom is -0.493 e. The van der Waals surface area contributed by atoms with Crippen molar-refractivity contribution in [3.63, 3.8) is 0 Å². The first-order chi connectivity index (χ1) is 9.58. The quantitative estimate of drug-likeness (QED) is 0.697. The van der Waals surface area contributed by atoms with Crippen LogP contribution < -0.4 is 14.8 Å². The summed E-state index contributed by atoms with van der Waals surface area (Å²) in [5.41, 5.74) is 1.07. The largest absolute Gasteiger partial charge is 0.493 e. The zero-order chi connectivity index (χ0) is 15.0. The van der Waals surface area contributed by atoms with Crippen molar-refractivity contribution >= 4 is 24.0 Å². The van der Waals surface area contributed by atoms with E-state index in [9.17, 15) is 0 Å². The summed E-state index contributed by atoms with van der Waals surface area (Å²) < 4.78 is 16.0. The van der Waals surface area contributed by atoms with Gasteiger partial charge in [0.15, 0.2) is 11.5 Å². The molecule has 1 N–H and O–H groups in total. The molecule has 0 spiro atoms. The number of benzene rings is 1. The third kappa shape index (κ3) is 7.23. The van der Waals surface area contributed by atoms with E-state index in [4.69, 9.17) is 25.8 Å². The minimum atomic E-state index is 0. The number of methoxy groups -OCH3 is 2.